The largest absolute Gasteiger partial charge is 0.469 e. The van der Waals surface area contributed by atoms with Crippen molar-refractivity contribution in [2.24, 2.45) is 5.92 Å². The van der Waals surface area contributed by atoms with Crippen molar-refractivity contribution in [3.63, 3.8) is 0 Å². The van der Waals surface area contributed by atoms with Crippen molar-refractivity contribution in [1.82, 2.24) is 5.32 Å². The van der Waals surface area contributed by atoms with Gasteiger partial charge >= 0.3 is 5.97 Å². The number of halogens is 1. The smallest absolute Gasteiger partial charge is 0.308 e. The van der Waals surface area contributed by atoms with Gasteiger partial charge in [0.25, 0.3) is 0 Å². The van der Waals surface area contributed by atoms with Gasteiger partial charge in [-0.05, 0) is 55.9 Å². The number of nitrogen functional groups attached to an aromatic ring is 1. The quantitative estimate of drug-likeness (QED) is 0.643. The molecule has 0 unspecified atom stereocenters. The van der Waals surface area contributed by atoms with Gasteiger partial charge in [0.15, 0.2) is 0 Å². The number of carbonyl (C=O) groups is 1. The summed E-state index contributed by atoms with van der Waals surface area (Å²) in [6, 6.07) is 4.48. The standard InChI is InChI=1S/C16H23BrN2O2/c1-10-7-12(17)8-15(18)14(10)9-19-13-5-3-11(4-6-13)16(20)21-2/h7-8,11,13,19H,3-6,9,18H2,1-2H3. The van der Waals surface area contributed by atoms with Crippen LogP contribution in [-0.2, 0) is 16.1 Å². The van der Waals surface area contributed by atoms with Crippen molar-refractivity contribution in [1.29, 1.82) is 0 Å². The van der Waals surface area contributed by atoms with Crippen molar-refractivity contribution in [3.8, 4) is 0 Å². The molecule has 1 saturated carbocycles. The summed E-state index contributed by atoms with van der Waals surface area (Å²) in [5, 5.41) is 3.57. The summed E-state index contributed by atoms with van der Waals surface area (Å²) in [7, 11) is 1.46. The lowest BCUT2D eigenvalue weighted by molar-refractivity contribution is -0.146. The maximum atomic E-state index is 11.5. The van der Waals surface area contributed by atoms with Gasteiger partial charge in [-0.2, -0.15) is 0 Å². The van der Waals surface area contributed by atoms with Crippen LogP contribution in [0.15, 0.2) is 16.6 Å². The maximum Gasteiger partial charge on any atom is 0.308 e. The van der Waals surface area contributed by atoms with Gasteiger partial charge < -0.3 is 15.8 Å². The number of aryl methyl sites for hydroxylation is 1. The van der Waals surface area contributed by atoms with Gasteiger partial charge in [-0.15, -0.1) is 0 Å². The Hall–Kier alpha value is -1.07. The third-order valence-electron chi connectivity index (χ3n) is 4.30. The van der Waals surface area contributed by atoms with Crippen molar-refractivity contribution in [3.05, 3.63) is 27.7 Å². The summed E-state index contributed by atoms with van der Waals surface area (Å²) < 4.78 is 5.83. The second kappa shape index (κ2) is 7.27. The molecule has 1 aliphatic rings. The highest BCUT2D eigenvalue weighted by molar-refractivity contribution is 9.10. The van der Waals surface area contributed by atoms with E-state index >= 15 is 0 Å². The Balaban J connectivity index is 1.87. The van der Waals surface area contributed by atoms with Crippen LogP contribution in [0.1, 0.15) is 36.8 Å². The molecule has 3 N–H and O–H groups in total. The van der Waals surface area contributed by atoms with Gasteiger partial charge in [0.1, 0.15) is 0 Å². The molecule has 1 aromatic rings. The number of nitrogens with two attached hydrogens (primary N) is 1. The fourth-order valence-electron chi connectivity index (χ4n) is 2.99. The molecule has 2 rings (SSSR count). The Morgan fingerprint density at radius 1 is 1.38 bits per heavy atom. The van der Waals surface area contributed by atoms with E-state index in [1.54, 1.807) is 0 Å². The lowest BCUT2D eigenvalue weighted by atomic mass is 9.86. The molecule has 1 aromatic carbocycles. The number of rotatable bonds is 4. The molecule has 0 aliphatic heterocycles. The number of ether oxygens (including phenoxy) is 1. The van der Waals surface area contributed by atoms with Crippen LogP contribution in [-0.4, -0.2) is 19.1 Å². The summed E-state index contributed by atoms with van der Waals surface area (Å²) in [5.74, 6) is 0.00832. The van der Waals surface area contributed by atoms with Crippen LogP contribution in [0.25, 0.3) is 0 Å². The first-order valence-corrected chi connectivity index (χ1v) is 8.16. The molecule has 1 aliphatic carbocycles. The van der Waals surface area contributed by atoms with E-state index in [2.05, 4.69) is 34.2 Å². The van der Waals surface area contributed by atoms with Crippen molar-refractivity contribution >= 4 is 27.6 Å². The van der Waals surface area contributed by atoms with Crippen LogP contribution in [0.3, 0.4) is 0 Å². The van der Waals surface area contributed by atoms with Gasteiger partial charge in [0.05, 0.1) is 13.0 Å². The number of nitrogens with one attached hydrogen (secondary N) is 1. The number of anilines is 1. The van der Waals surface area contributed by atoms with E-state index in [-0.39, 0.29) is 11.9 Å². The predicted molar refractivity (Wildman–Crippen MR) is 87.9 cm³/mol. The van der Waals surface area contributed by atoms with E-state index in [0.717, 1.165) is 48.0 Å². The van der Waals surface area contributed by atoms with Gasteiger partial charge in [-0.1, -0.05) is 15.9 Å². The van der Waals surface area contributed by atoms with E-state index in [4.69, 9.17) is 10.5 Å². The third kappa shape index (κ3) is 4.20. The number of hydrogen-bond acceptors (Lipinski definition) is 4. The maximum absolute atomic E-state index is 11.5. The van der Waals surface area contributed by atoms with Gasteiger partial charge in [-0.3, -0.25) is 4.79 Å². The SMILES string of the molecule is COC(=O)C1CCC(NCc2c(C)cc(Br)cc2N)CC1. The highest BCUT2D eigenvalue weighted by Crippen LogP contribution is 2.27. The summed E-state index contributed by atoms with van der Waals surface area (Å²) in [5.41, 5.74) is 9.26. The number of hydrogen-bond donors (Lipinski definition) is 2. The van der Waals surface area contributed by atoms with Crippen LogP contribution in [0.5, 0.6) is 0 Å². The van der Waals surface area contributed by atoms with Gasteiger partial charge in [-0.25, -0.2) is 0 Å². The fourth-order valence-corrected chi connectivity index (χ4v) is 3.58. The van der Waals surface area contributed by atoms with Crippen LogP contribution < -0.4 is 11.1 Å². The first kappa shape index (κ1) is 16.3. The van der Waals surface area contributed by atoms with E-state index in [9.17, 15) is 4.79 Å². The molecule has 21 heavy (non-hydrogen) atoms. The van der Waals surface area contributed by atoms with Crippen molar-refractivity contribution in [2.45, 2.75) is 45.2 Å². The molecule has 1 fully saturated rings. The molecule has 116 valence electrons. The molecule has 0 spiro atoms. The molecule has 0 aromatic heterocycles. The topological polar surface area (TPSA) is 64.3 Å². The third-order valence-corrected chi connectivity index (χ3v) is 4.76. The second-order valence-corrected chi connectivity index (χ2v) is 6.66. The molecule has 4 nitrogen and oxygen atoms in total. The minimum absolute atomic E-state index is 0.0681. The van der Waals surface area contributed by atoms with E-state index in [1.807, 2.05) is 6.07 Å². The zero-order valence-electron chi connectivity index (χ0n) is 12.6. The molecular weight excluding hydrogens is 332 g/mol. The Morgan fingerprint density at radius 3 is 2.62 bits per heavy atom. The average molecular weight is 355 g/mol. The molecule has 0 saturated heterocycles. The minimum atomic E-state index is -0.0681. The summed E-state index contributed by atoms with van der Waals surface area (Å²) >= 11 is 3.46. The van der Waals surface area contributed by atoms with Crippen LogP contribution >= 0.6 is 15.9 Å². The fraction of sp³-hybridized carbons (Fsp3) is 0.562. The van der Waals surface area contributed by atoms with Gasteiger partial charge in [0.2, 0.25) is 0 Å². The Kier molecular flexibility index (Phi) is 5.65. The van der Waals surface area contributed by atoms with Crippen molar-refractivity contribution < 1.29 is 9.53 Å². The Morgan fingerprint density at radius 2 is 2.05 bits per heavy atom. The zero-order valence-corrected chi connectivity index (χ0v) is 14.2. The molecule has 5 heteroatoms. The molecular formula is C16H23BrN2O2. The number of carbonyl (C=O) groups excluding carboxylic acids is 1. The highest BCUT2D eigenvalue weighted by atomic mass is 79.9. The normalized spacial score (nSPS) is 22.0. The molecule has 0 heterocycles. The zero-order chi connectivity index (χ0) is 15.4. The second-order valence-electron chi connectivity index (χ2n) is 5.74. The summed E-state index contributed by atoms with van der Waals surface area (Å²) in [6.07, 6.45) is 3.82. The molecule has 0 bridgehead atoms. The first-order valence-electron chi connectivity index (χ1n) is 7.37. The van der Waals surface area contributed by atoms with E-state index in [1.165, 1.54) is 12.7 Å². The Labute approximate surface area is 134 Å². The van der Waals surface area contributed by atoms with Crippen molar-refractivity contribution in [2.75, 3.05) is 12.8 Å². The minimum Gasteiger partial charge on any atom is -0.469 e. The molecule has 0 radical (unpaired) electrons. The summed E-state index contributed by atoms with van der Waals surface area (Å²) in [6.45, 7) is 2.85. The predicted octanol–water partition coefficient (Wildman–Crippen LogP) is 3.16. The van der Waals surface area contributed by atoms with Crippen LogP contribution in [0, 0.1) is 12.8 Å². The van der Waals surface area contributed by atoms with Crippen LogP contribution in [0.4, 0.5) is 5.69 Å². The van der Waals surface area contributed by atoms with E-state index < -0.39 is 0 Å². The lowest BCUT2D eigenvalue weighted by Gasteiger charge is -2.28. The molecule has 0 amide bonds. The Bertz CT molecular complexity index is 488. The number of methoxy groups -OCH3 is 1. The number of esters is 1. The lowest BCUT2D eigenvalue weighted by Crippen LogP contribution is -2.35. The number of benzene rings is 1. The van der Waals surface area contributed by atoms with Gasteiger partial charge in [0, 0.05) is 22.7 Å². The molecule has 0 atom stereocenters. The first-order chi connectivity index (χ1) is 10.0. The summed E-state index contributed by atoms with van der Waals surface area (Å²) in [4.78, 5) is 11.5. The van der Waals surface area contributed by atoms with E-state index in [0.29, 0.717) is 6.04 Å². The average Bonchev–Trinajstić information content (AvgIpc) is 2.46. The monoisotopic (exact) mass is 354 g/mol. The highest BCUT2D eigenvalue weighted by Gasteiger charge is 2.26. The van der Waals surface area contributed by atoms with Crippen LogP contribution in [0.2, 0.25) is 0 Å².